The Bertz CT molecular complexity index is 736. The maximum atomic E-state index is 11.9. The van der Waals surface area contributed by atoms with Gasteiger partial charge in [-0.3, -0.25) is 19.1 Å². The number of esters is 1. The van der Waals surface area contributed by atoms with Crippen molar-refractivity contribution in [3.8, 4) is 0 Å². The van der Waals surface area contributed by atoms with Crippen LogP contribution < -0.4 is 11.2 Å². The van der Waals surface area contributed by atoms with Gasteiger partial charge in [0.05, 0.1) is 25.4 Å². The average Bonchev–Trinajstić information content (AvgIpc) is 2.83. The predicted octanol–water partition coefficient (Wildman–Crippen LogP) is -0.715. The van der Waals surface area contributed by atoms with Crippen molar-refractivity contribution in [3.63, 3.8) is 0 Å². The molecule has 2 rings (SSSR count). The minimum atomic E-state index is -1.03. The first-order valence-electron chi connectivity index (χ1n) is 6.73. The minimum absolute atomic E-state index is 0.140. The number of nitrogens with one attached hydrogen (secondary N) is 1. The van der Waals surface area contributed by atoms with Crippen LogP contribution in [0.15, 0.2) is 27.0 Å². The van der Waals surface area contributed by atoms with Crippen molar-refractivity contribution < 1.29 is 19.4 Å². The maximum absolute atomic E-state index is 11.9. The van der Waals surface area contributed by atoms with E-state index in [1.807, 2.05) is 0 Å². The summed E-state index contributed by atoms with van der Waals surface area (Å²) in [5.41, 5.74) is 7.42. The van der Waals surface area contributed by atoms with Crippen molar-refractivity contribution in [2.24, 2.45) is 11.0 Å². The van der Waals surface area contributed by atoms with Gasteiger partial charge in [-0.05, 0) is 5.53 Å². The molecule has 2 heterocycles. The largest absolute Gasteiger partial charge is 0.465 e. The Morgan fingerprint density at radius 3 is 2.91 bits per heavy atom. The van der Waals surface area contributed by atoms with E-state index in [1.165, 1.54) is 13.1 Å². The first kappa shape index (κ1) is 16.7. The predicted molar refractivity (Wildman–Crippen MR) is 75.4 cm³/mol. The summed E-state index contributed by atoms with van der Waals surface area (Å²) in [5.74, 6) is -1.17. The van der Waals surface area contributed by atoms with E-state index in [1.54, 1.807) is 0 Å². The molecule has 2 N–H and O–H groups in total. The molecule has 1 aromatic heterocycles. The Hall–Kier alpha value is -2.62. The fourth-order valence-electron chi connectivity index (χ4n) is 2.45. The summed E-state index contributed by atoms with van der Waals surface area (Å²) in [4.78, 5) is 38.8. The van der Waals surface area contributed by atoms with Crippen LogP contribution in [-0.2, 0) is 14.3 Å². The van der Waals surface area contributed by atoms with Crippen LogP contribution in [-0.4, -0.2) is 46.0 Å². The SMILES string of the molecule is CC(=O)OC[C@H]1C(N=[N+]=[N-])[C@H](n2ccc(=O)[nH]c2=O)O[C@@H]1CO. The molecule has 1 unspecified atom stereocenters. The van der Waals surface area contributed by atoms with Crippen LogP contribution in [0.3, 0.4) is 0 Å². The summed E-state index contributed by atoms with van der Waals surface area (Å²) in [6, 6.07) is 0.214. The third kappa shape index (κ3) is 3.59. The molecule has 1 saturated heterocycles. The summed E-state index contributed by atoms with van der Waals surface area (Å²) >= 11 is 0. The molecule has 0 aromatic carbocycles. The Kier molecular flexibility index (Phi) is 5.16. The number of aliphatic hydroxyl groups is 1. The molecule has 23 heavy (non-hydrogen) atoms. The number of aliphatic hydroxyl groups excluding tert-OH is 1. The van der Waals surface area contributed by atoms with Crippen molar-refractivity contribution in [1.82, 2.24) is 9.55 Å². The van der Waals surface area contributed by atoms with Gasteiger partial charge in [-0.2, -0.15) is 0 Å². The normalized spacial score (nSPS) is 26.5. The van der Waals surface area contributed by atoms with E-state index in [2.05, 4.69) is 15.0 Å². The van der Waals surface area contributed by atoms with E-state index in [9.17, 15) is 19.5 Å². The van der Waals surface area contributed by atoms with Crippen molar-refractivity contribution in [3.05, 3.63) is 43.5 Å². The second-order valence-corrected chi connectivity index (χ2v) is 4.93. The highest BCUT2D eigenvalue weighted by molar-refractivity contribution is 5.65. The number of H-pyrrole nitrogens is 1. The Labute approximate surface area is 129 Å². The minimum Gasteiger partial charge on any atom is -0.465 e. The molecule has 0 saturated carbocycles. The summed E-state index contributed by atoms with van der Waals surface area (Å²) < 4.78 is 11.5. The van der Waals surface area contributed by atoms with E-state index >= 15 is 0 Å². The third-order valence-corrected chi connectivity index (χ3v) is 3.49. The third-order valence-electron chi connectivity index (χ3n) is 3.49. The van der Waals surface area contributed by atoms with E-state index in [-0.39, 0.29) is 6.61 Å². The van der Waals surface area contributed by atoms with Crippen LogP contribution in [0.25, 0.3) is 10.4 Å². The molecular weight excluding hydrogens is 310 g/mol. The van der Waals surface area contributed by atoms with E-state index in [4.69, 9.17) is 15.0 Å². The smallest absolute Gasteiger partial charge is 0.330 e. The molecule has 0 radical (unpaired) electrons. The highest BCUT2D eigenvalue weighted by atomic mass is 16.5. The highest BCUT2D eigenvalue weighted by Gasteiger charge is 2.45. The number of aromatic nitrogens is 2. The molecule has 0 bridgehead atoms. The van der Waals surface area contributed by atoms with Crippen molar-refractivity contribution in [1.29, 1.82) is 0 Å². The number of carbonyl (C=O) groups is 1. The standard InChI is InChI=1S/C12H15N5O6/c1-6(19)22-5-7-8(4-18)23-11(10(7)15-16-13)17-3-2-9(20)14-12(17)21/h2-3,7-8,10-11,18H,4-5H2,1H3,(H,14,20,21)/t7-,8-,10?,11-/m1/s1. The van der Waals surface area contributed by atoms with Crippen LogP contribution in [0.4, 0.5) is 0 Å². The highest BCUT2D eigenvalue weighted by Crippen LogP contribution is 2.35. The summed E-state index contributed by atoms with van der Waals surface area (Å²) in [6.45, 7) is 0.660. The number of azide groups is 1. The zero-order valence-corrected chi connectivity index (χ0v) is 12.2. The lowest BCUT2D eigenvalue weighted by Crippen LogP contribution is -2.36. The second kappa shape index (κ2) is 7.09. The fraction of sp³-hybridized carbons (Fsp3) is 0.583. The molecule has 11 heteroatoms. The molecule has 11 nitrogen and oxygen atoms in total. The monoisotopic (exact) mass is 325 g/mol. The molecule has 1 aromatic rings. The van der Waals surface area contributed by atoms with Crippen LogP contribution >= 0.6 is 0 Å². The van der Waals surface area contributed by atoms with Gasteiger partial charge in [0, 0.05) is 30.0 Å². The van der Waals surface area contributed by atoms with Gasteiger partial charge in [0.15, 0.2) is 0 Å². The van der Waals surface area contributed by atoms with E-state index < -0.39 is 48.1 Å². The number of rotatable bonds is 5. The quantitative estimate of drug-likeness (QED) is 0.314. The molecular formula is C12H15N5O6. The van der Waals surface area contributed by atoms with Gasteiger partial charge in [-0.15, -0.1) is 0 Å². The van der Waals surface area contributed by atoms with Crippen LogP contribution in [0.2, 0.25) is 0 Å². The maximum Gasteiger partial charge on any atom is 0.330 e. The van der Waals surface area contributed by atoms with E-state index in [0.29, 0.717) is 0 Å². The number of ether oxygens (including phenoxy) is 2. The topological polar surface area (TPSA) is 159 Å². The lowest BCUT2D eigenvalue weighted by Gasteiger charge is -2.19. The molecule has 0 amide bonds. The molecule has 1 fully saturated rings. The molecule has 1 aliphatic rings. The summed E-state index contributed by atoms with van der Waals surface area (Å²) in [6.07, 6.45) is -0.629. The lowest BCUT2D eigenvalue weighted by atomic mass is 9.97. The van der Waals surface area contributed by atoms with Gasteiger partial charge in [0.1, 0.15) is 6.23 Å². The number of nitrogens with zero attached hydrogens (tertiary/aromatic N) is 4. The van der Waals surface area contributed by atoms with Gasteiger partial charge < -0.3 is 14.6 Å². The fourth-order valence-corrected chi connectivity index (χ4v) is 2.45. The Balaban J connectivity index is 2.38. The second-order valence-electron chi connectivity index (χ2n) is 4.93. The van der Waals surface area contributed by atoms with Gasteiger partial charge >= 0.3 is 11.7 Å². The lowest BCUT2D eigenvalue weighted by molar-refractivity contribution is -0.143. The molecule has 1 aliphatic heterocycles. The summed E-state index contributed by atoms with van der Waals surface area (Å²) in [7, 11) is 0. The van der Waals surface area contributed by atoms with Gasteiger partial charge in [0.2, 0.25) is 0 Å². The van der Waals surface area contributed by atoms with Crippen LogP contribution in [0.1, 0.15) is 13.2 Å². The Morgan fingerprint density at radius 1 is 1.61 bits per heavy atom. The van der Waals surface area contributed by atoms with Gasteiger partial charge in [-0.1, -0.05) is 5.11 Å². The summed E-state index contributed by atoms with van der Waals surface area (Å²) in [5, 5.41) is 13.0. The molecule has 4 atom stereocenters. The molecule has 0 spiro atoms. The molecule has 0 aliphatic carbocycles. The number of carbonyl (C=O) groups excluding carboxylic acids is 1. The zero-order chi connectivity index (χ0) is 17.0. The molecule has 124 valence electrons. The van der Waals surface area contributed by atoms with E-state index in [0.717, 1.165) is 10.6 Å². The number of hydrogen-bond donors (Lipinski definition) is 2. The first-order chi connectivity index (χ1) is 11.0. The van der Waals surface area contributed by atoms with Gasteiger partial charge in [0.25, 0.3) is 5.56 Å². The van der Waals surface area contributed by atoms with Gasteiger partial charge in [-0.25, -0.2) is 4.79 Å². The van der Waals surface area contributed by atoms with Crippen molar-refractivity contribution >= 4 is 5.97 Å². The van der Waals surface area contributed by atoms with Crippen LogP contribution in [0.5, 0.6) is 0 Å². The number of hydrogen-bond acceptors (Lipinski definition) is 7. The zero-order valence-electron chi connectivity index (χ0n) is 12.2. The number of aromatic amines is 1. The van der Waals surface area contributed by atoms with Crippen molar-refractivity contribution in [2.45, 2.75) is 25.3 Å². The Morgan fingerprint density at radius 2 is 2.35 bits per heavy atom. The van der Waals surface area contributed by atoms with Crippen molar-refractivity contribution in [2.75, 3.05) is 13.2 Å². The average molecular weight is 325 g/mol. The van der Waals surface area contributed by atoms with Crippen LogP contribution in [0, 0.1) is 5.92 Å². The first-order valence-corrected chi connectivity index (χ1v) is 6.73.